The van der Waals surface area contributed by atoms with Crippen LogP contribution in [-0.2, 0) is 6.18 Å². The lowest BCUT2D eigenvalue weighted by Crippen LogP contribution is -2.03. The second-order valence-electron chi connectivity index (χ2n) is 3.48. The van der Waals surface area contributed by atoms with E-state index in [0.29, 0.717) is 4.47 Å². The summed E-state index contributed by atoms with van der Waals surface area (Å²) >= 11 is 3.25. The minimum absolute atomic E-state index is 0.190. The SMILES string of the molecule is O=C(c1cnc(C(F)(F)F)s1)c1cc(Br)ccc1F. The summed E-state index contributed by atoms with van der Waals surface area (Å²) in [5, 5.41) is -1.13. The van der Waals surface area contributed by atoms with Gasteiger partial charge in [-0.05, 0) is 18.2 Å². The summed E-state index contributed by atoms with van der Waals surface area (Å²) < 4.78 is 51.0. The van der Waals surface area contributed by atoms with Crippen molar-refractivity contribution in [1.82, 2.24) is 4.98 Å². The van der Waals surface area contributed by atoms with Gasteiger partial charge in [-0.25, -0.2) is 9.37 Å². The van der Waals surface area contributed by atoms with E-state index in [2.05, 4.69) is 20.9 Å². The molecular formula is C11H4BrF4NOS. The van der Waals surface area contributed by atoms with Crippen LogP contribution in [0.25, 0.3) is 0 Å². The molecular weight excluding hydrogens is 350 g/mol. The van der Waals surface area contributed by atoms with Gasteiger partial charge in [-0.15, -0.1) is 11.3 Å². The molecule has 0 unspecified atom stereocenters. The van der Waals surface area contributed by atoms with Crippen molar-refractivity contribution in [1.29, 1.82) is 0 Å². The molecule has 0 aliphatic heterocycles. The molecule has 0 radical (unpaired) electrons. The lowest BCUT2D eigenvalue weighted by atomic mass is 10.1. The lowest BCUT2D eigenvalue weighted by molar-refractivity contribution is -0.137. The van der Waals surface area contributed by atoms with Gasteiger partial charge in [-0.2, -0.15) is 13.2 Å². The Hall–Kier alpha value is -1.28. The maximum absolute atomic E-state index is 13.5. The van der Waals surface area contributed by atoms with Gasteiger partial charge in [0.05, 0.1) is 10.4 Å². The maximum Gasteiger partial charge on any atom is 0.443 e. The van der Waals surface area contributed by atoms with E-state index < -0.39 is 22.8 Å². The summed E-state index contributed by atoms with van der Waals surface area (Å²) in [6, 6.07) is 3.66. The van der Waals surface area contributed by atoms with Crippen LogP contribution in [0.5, 0.6) is 0 Å². The second-order valence-corrected chi connectivity index (χ2v) is 5.43. The highest BCUT2D eigenvalue weighted by Crippen LogP contribution is 2.33. The van der Waals surface area contributed by atoms with Gasteiger partial charge >= 0.3 is 6.18 Å². The molecule has 8 heteroatoms. The third-order valence-electron chi connectivity index (χ3n) is 2.15. The molecule has 2 nitrogen and oxygen atoms in total. The number of hydrogen-bond donors (Lipinski definition) is 0. The molecule has 2 rings (SSSR count). The fraction of sp³-hybridized carbons (Fsp3) is 0.0909. The molecule has 0 saturated carbocycles. The Morgan fingerprint density at radius 3 is 2.58 bits per heavy atom. The van der Waals surface area contributed by atoms with Crippen molar-refractivity contribution < 1.29 is 22.4 Å². The number of hydrogen-bond acceptors (Lipinski definition) is 3. The lowest BCUT2D eigenvalue weighted by Gasteiger charge is -2.01. The second kappa shape index (κ2) is 5.01. The quantitative estimate of drug-likeness (QED) is 0.595. The van der Waals surface area contributed by atoms with Crippen molar-refractivity contribution in [3.63, 3.8) is 0 Å². The van der Waals surface area contributed by atoms with Gasteiger partial charge in [0.15, 0.2) is 5.01 Å². The van der Waals surface area contributed by atoms with E-state index in [1.165, 1.54) is 12.1 Å². The molecule has 100 valence electrons. The van der Waals surface area contributed by atoms with Gasteiger partial charge in [-0.3, -0.25) is 4.79 Å². The molecule has 1 aromatic heterocycles. The van der Waals surface area contributed by atoms with Crippen LogP contribution < -0.4 is 0 Å². The number of carbonyl (C=O) groups is 1. The normalized spacial score (nSPS) is 11.6. The number of benzene rings is 1. The van der Waals surface area contributed by atoms with Crippen molar-refractivity contribution in [2.45, 2.75) is 6.18 Å². The molecule has 1 aromatic carbocycles. The number of rotatable bonds is 2. The predicted octanol–water partition coefficient (Wildman–Crippen LogP) is 4.29. The van der Waals surface area contributed by atoms with Gasteiger partial charge < -0.3 is 0 Å². The van der Waals surface area contributed by atoms with E-state index in [4.69, 9.17) is 0 Å². The minimum Gasteiger partial charge on any atom is -0.288 e. The molecule has 2 aromatic rings. The molecule has 0 bridgehead atoms. The fourth-order valence-electron chi connectivity index (χ4n) is 1.31. The maximum atomic E-state index is 13.5. The number of aromatic nitrogens is 1. The highest BCUT2D eigenvalue weighted by Gasteiger charge is 2.35. The molecule has 1 heterocycles. The smallest absolute Gasteiger partial charge is 0.288 e. The summed E-state index contributed by atoms with van der Waals surface area (Å²) in [4.78, 5) is 14.8. The average molecular weight is 354 g/mol. The molecule has 0 N–H and O–H groups in total. The topological polar surface area (TPSA) is 30.0 Å². The molecule has 0 saturated heterocycles. The molecule has 0 fully saturated rings. The van der Waals surface area contributed by atoms with Crippen LogP contribution in [0.4, 0.5) is 17.6 Å². The highest BCUT2D eigenvalue weighted by molar-refractivity contribution is 9.10. The number of nitrogens with zero attached hydrogens (tertiary/aromatic N) is 1. The van der Waals surface area contributed by atoms with Gasteiger partial charge in [-0.1, -0.05) is 15.9 Å². The third-order valence-corrected chi connectivity index (χ3v) is 3.68. The zero-order chi connectivity index (χ0) is 14.2. The molecule has 0 spiro atoms. The summed E-state index contributed by atoms with van der Waals surface area (Å²) in [7, 11) is 0. The van der Waals surface area contributed by atoms with Crippen molar-refractivity contribution in [2.75, 3.05) is 0 Å². The Bertz CT molecular complexity index is 638. The van der Waals surface area contributed by atoms with E-state index >= 15 is 0 Å². The Morgan fingerprint density at radius 2 is 2.00 bits per heavy atom. The van der Waals surface area contributed by atoms with Crippen LogP contribution >= 0.6 is 27.3 Å². The summed E-state index contributed by atoms with van der Waals surface area (Å²) in [5.41, 5.74) is -0.299. The van der Waals surface area contributed by atoms with Crippen molar-refractivity contribution in [3.05, 3.63) is 50.1 Å². The summed E-state index contributed by atoms with van der Waals surface area (Å²) in [6.45, 7) is 0. The number of thiazole rings is 1. The Morgan fingerprint density at radius 1 is 1.32 bits per heavy atom. The average Bonchev–Trinajstić information content (AvgIpc) is 2.80. The van der Waals surface area contributed by atoms with Crippen LogP contribution in [0.15, 0.2) is 28.9 Å². The fourth-order valence-corrected chi connectivity index (χ4v) is 2.41. The minimum atomic E-state index is -4.61. The van der Waals surface area contributed by atoms with Gasteiger partial charge in [0.1, 0.15) is 5.82 Å². The van der Waals surface area contributed by atoms with Gasteiger partial charge in [0.2, 0.25) is 5.78 Å². The van der Waals surface area contributed by atoms with Crippen molar-refractivity contribution in [2.24, 2.45) is 0 Å². The predicted molar refractivity (Wildman–Crippen MR) is 64.6 cm³/mol. The number of ketones is 1. The van der Waals surface area contributed by atoms with Crippen LogP contribution in [0.2, 0.25) is 0 Å². The summed E-state index contributed by atoms with van der Waals surface area (Å²) in [6.07, 6.45) is -3.81. The van der Waals surface area contributed by atoms with Crippen LogP contribution in [-0.4, -0.2) is 10.8 Å². The van der Waals surface area contributed by atoms with Crippen LogP contribution in [0.3, 0.4) is 0 Å². The molecule has 0 aliphatic rings. The molecule has 19 heavy (non-hydrogen) atoms. The first-order valence-corrected chi connectivity index (χ1v) is 6.43. The summed E-state index contributed by atoms with van der Waals surface area (Å²) in [5.74, 6) is -1.62. The van der Waals surface area contributed by atoms with Crippen LogP contribution in [0, 0.1) is 5.82 Å². The Labute approximate surface area is 117 Å². The van der Waals surface area contributed by atoms with E-state index in [1.54, 1.807) is 0 Å². The largest absolute Gasteiger partial charge is 0.443 e. The first-order chi connectivity index (χ1) is 8.79. The van der Waals surface area contributed by atoms with Crippen LogP contribution in [0.1, 0.15) is 20.2 Å². The molecule has 0 amide bonds. The monoisotopic (exact) mass is 353 g/mol. The van der Waals surface area contributed by atoms with Gasteiger partial charge in [0.25, 0.3) is 0 Å². The standard InChI is InChI=1S/C11H4BrF4NOS/c12-5-1-2-7(13)6(3-5)9(18)8-4-17-10(19-8)11(14,15)16/h1-4H. The van der Waals surface area contributed by atoms with Crippen molar-refractivity contribution >= 4 is 33.0 Å². The van der Waals surface area contributed by atoms with E-state index in [1.807, 2.05) is 0 Å². The number of carbonyl (C=O) groups excluding carboxylic acids is 1. The first-order valence-electron chi connectivity index (χ1n) is 4.82. The highest BCUT2D eigenvalue weighted by atomic mass is 79.9. The van der Waals surface area contributed by atoms with Crippen molar-refractivity contribution in [3.8, 4) is 0 Å². The van der Waals surface area contributed by atoms with Gasteiger partial charge in [0, 0.05) is 10.7 Å². The molecule has 0 atom stereocenters. The third kappa shape index (κ3) is 3.01. The first kappa shape index (κ1) is 14.1. The zero-order valence-corrected chi connectivity index (χ0v) is 11.4. The Balaban J connectivity index is 2.39. The van der Waals surface area contributed by atoms with E-state index in [0.717, 1.165) is 12.3 Å². The Kier molecular flexibility index (Phi) is 3.73. The van der Waals surface area contributed by atoms with E-state index in [-0.39, 0.29) is 21.8 Å². The number of halogens is 5. The number of alkyl halides is 3. The van der Waals surface area contributed by atoms with E-state index in [9.17, 15) is 22.4 Å². The molecule has 0 aliphatic carbocycles. The zero-order valence-electron chi connectivity index (χ0n) is 8.96.